The molecule has 28 heavy (non-hydrogen) atoms. The van der Waals surface area contributed by atoms with Crippen LogP contribution in [0.1, 0.15) is 41.6 Å². The molecule has 1 aliphatic carbocycles. The zero-order valence-corrected chi connectivity index (χ0v) is 16.8. The van der Waals surface area contributed by atoms with E-state index in [9.17, 15) is 18.4 Å². The number of nitrogens with zero attached hydrogens (tertiary/aromatic N) is 1. The Morgan fingerprint density at radius 2 is 1.64 bits per heavy atom. The summed E-state index contributed by atoms with van der Waals surface area (Å²) in [5.41, 5.74) is 0.394. The van der Waals surface area contributed by atoms with Crippen molar-refractivity contribution in [1.29, 1.82) is 0 Å². The number of carbonyl (C=O) groups excluding carboxylic acids is 2. The van der Waals surface area contributed by atoms with Crippen LogP contribution >= 0.6 is 15.9 Å². The Balaban J connectivity index is 1.43. The smallest absolute Gasteiger partial charge is 0.233 e. The van der Waals surface area contributed by atoms with Crippen molar-refractivity contribution < 1.29 is 18.4 Å². The summed E-state index contributed by atoms with van der Waals surface area (Å²) in [6.45, 7) is 0.926. The third-order valence-electron chi connectivity index (χ3n) is 5.90. The van der Waals surface area contributed by atoms with Crippen LogP contribution in [0.15, 0.2) is 46.9 Å². The maximum absolute atomic E-state index is 13.9. The second kappa shape index (κ2) is 7.39. The highest BCUT2D eigenvalue weighted by Crippen LogP contribution is 2.50. The molecule has 0 N–H and O–H groups in total. The van der Waals surface area contributed by atoms with Crippen molar-refractivity contribution >= 4 is 27.6 Å². The number of hydrogen-bond donors (Lipinski definition) is 0. The van der Waals surface area contributed by atoms with Crippen molar-refractivity contribution in [3.05, 3.63) is 69.7 Å². The van der Waals surface area contributed by atoms with Gasteiger partial charge in [-0.05, 0) is 61.6 Å². The van der Waals surface area contributed by atoms with E-state index < -0.39 is 17.0 Å². The van der Waals surface area contributed by atoms with Crippen molar-refractivity contribution in [3.8, 4) is 0 Å². The van der Waals surface area contributed by atoms with E-state index in [1.54, 1.807) is 0 Å². The lowest BCUT2D eigenvalue weighted by atomic mass is 9.87. The molecule has 0 atom stereocenters. The molecule has 2 aromatic rings. The minimum atomic E-state index is -0.697. The maximum Gasteiger partial charge on any atom is 0.233 e. The van der Waals surface area contributed by atoms with Crippen LogP contribution in [-0.4, -0.2) is 29.7 Å². The highest BCUT2D eigenvalue weighted by molar-refractivity contribution is 9.10. The van der Waals surface area contributed by atoms with E-state index in [1.165, 1.54) is 0 Å². The van der Waals surface area contributed by atoms with Gasteiger partial charge in [0.05, 0.1) is 11.0 Å². The first-order chi connectivity index (χ1) is 13.4. The van der Waals surface area contributed by atoms with Crippen LogP contribution in [0.5, 0.6) is 0 Å². The minimum absolute atomic E-state index is 0.109. The fourth-order valence-corrected chi connectivity index (χ4v) is 4.34. The van der Waals surface area contributed by atoms with Crippen LogP contribution in [-0.2, 0) is 10.2 Å². The fraction of sp³-hybridized carbons (Fsp3) is 0.364. The van der Waals surface area contributed by atoms with Crippen LogP contribution in [0, 0.1) is 17.6 Å². The maximum atomic E-state index is 13.9. The number of rotatable bonds is 4. The number of ketones is 1. The second-order valence-corrected chi connectivity index (χ2v) is 8.56. The Labute approximate surface area is 170 Å². The van der Waals surface area contributed by atoms with Crippen molar-refractivity contribution in [3.63, 3.8) is 0 Å². The first kappa shape index (κ1) is 19.2. The van der Waals surface area contributed by atoms with Crippen molar-refractivity contribution in [2.24, 2.45) is 5.92 Å². The predicted octanol–water partition coefficient (Wildman–Crippen LogP) is 4.88. The van der Waals surface area contributed by atoms with E-state index in [0.29, 0.717) is 25.9 Å². The molecule has 0 spiro atoms. The molecule has 2 fully saturated rings. The first-order valence-electron chi connectivity index (χ1n) is 9.45. The molecule has 0 unspecified atom stereocenters. The largest absolute Gasteiger partial charge is 0.342 e. The van der Waals surface area contributed by atoms with Gasteiger partial charge in [0.1, 0.15) is 11.6 Å². The topological polar surface area (TPSA) is 37.4 Å². The molecular weight excluding hydrogens is 428 g/mol. The molecule has 0 bridgehead atoms. The molecule has 6 heteroatoms. The number of amides is 1. The second-order valence-electron chi connectivity index (χ2n) is 7.64. The quantitative estimate of drug-likeness (QED) is 0.626. The van der Waals surface area contributed by atoms with Gasteiger partial charge in [0.2, 0.25) is 5.91 Å². The number of carbonyl (C=O) groups is 2. The van der Waals surface area contributed by atoms with E-state index in [1.807, 2.05) is 29.2 Å². The summed E-state index contributed by atoms with van der Waals surface area (Å²) in [5, 5.41) is 0. The Hall–Kier alpha value is -2.08. The number of Topliss-reactive ketones (excluding diaryl/α,β-unsaturated/α-hetero) is 1. The van der Waals surface area contributed by atoms with Gasteiger partial charge in [0.15, 0.2) is 5.78 Å². The molecule has 1 saturated carbocycles. The Bertz CT molecular complexity index is 917. The van der Waals surface area contributed by atoms with Gasteiger partial charge in [-0.15, -0.1) is 0 Å². The van der Waals surface area contributed by atoms with Gasteiger partial charge in [-0.3, -0.25) is 9.59 Å². The molecule has 146 valence electrons. The number of likely N-dealkylation sites (tertiary alicyclic amines) is 1. The molecule has 4 rings (SSSR count). The van der Waals surface area contributed by atoms with E-state index in [-0.39, 0.29) is 23.2 Å². The first-order valence-corrected chi connectivity index (χ1v) is 10.2. The van der Waals surface area contributed by atoms with Gasteiger partial charge in [-0.2, -0.15) is 0 Å². The van der Waals surface area contributed by atoms with E-state index in [4.69, 9.17) is 0 Å². The molecule has 1 saturated heterocycles. The van der Waals surface area contributed by atoms with Crippen LogP contribution in [0.2, 0.25) is 0 Å². The summed E-state index contributed by atoms with van der Waals surface area (Å²) in [7, 11) is 0. The normalized spacial score (nSPS) is 18.8. The molecule has 2 aromatic carbocycles. The Morgan fingerprint density at radius 3 is 2.25 bits per heavy atom. The average molecular weight is 448 g/mol. The zero-order chi connectivity index (χ0) is 19.9. The van der Waals surface area contributed by atoms with Gasteiger partial charge in [0, 0.05) is 23.5 Å². The van der Waals surface area contributed by atoms with Gasteiger partial charge < -0.3 is 4.90 Å². The lowest BCUT2D eigenvalue weighted by Crippen LogP contribution is -2.45. The summed E-state index contributed by atoms with van der Waals surface area (Å²) >= 11 is 3.42. The van der Waals surface area contributed by atoms with Crippen molar-refractivity contribution in [2.45, 2.75) is 31.1 Å². The summed E-state index contributed by atoms with van der Waals surface area (Å²) in [5.74, 6) is -1.97. The highest BCUT2D eigenvalue weighted by Gasteiger charge is 2.53. The lowest BCUT2D eigenvalue weighted by Gasteiger charge is -2.34. The number of benzene rings is 2. The molecular formula is C22H20BrF2NO2. The molecule has 1 amide bonds. The molecule has 0 aromatic heterocycles. The minimum Gasteiger partial charge on any atom is -0.342 e. The number of hydrogen-bond acceptors (Lipinski definition) is 2. The van der Waals surface area contributed by atoms with Gasteiger partial charge in [-0.1, -0.05) is 28.1 Å². The standard InChI is InChI=1S/C22H20BrF2NO2/c23-16-3-1-15(2-4-16)22(9-10-22)21(28)26-11-7-14(8-12-26)20(27)18-13-17(24)5-6-19(18)25/h1-6,13-14H,7-12H2. The van der Waals surface area contributed by atoms with Crippen molar-refractivity contribution in [1.82, 2.24) is 4.90 Å². The van der Waals surface area contributed by atoms with Crippen LogP contribution in [0.25, 0.3) is 0 Å². The van der Waals surface area contributed by atoms with Crippen LogP contribution in [0.3, 0.4) is 0 Å². The summed E-state index contributed by atoms with van der Waals surface area (Å²) in [6, 6.07) is 10.8. The SMILES string of the molecule is O=C(c1cc(F)ccc1F)C1CCN(C(=O)C2(c3ccc(Br)cc3)CC2)CC1. The van der Waals surface area contributed by atoms with E-state index in [0.717, 1.165) is 41.1 Å². The average Bonchev–Trinajstić information content (AvgIpc) is 3.51. The third-order valence-corrected chi connectivity index (χ3v) is 6.43. The van der Waals surface area contributed by atoms with Crippen molar-refractivity contribution in [2.75, 3.05) is 13.1 Å². The third kappa shape index (κ3) is 3.50. The lowest BCUT2D eigenvalue weighted by molar-refractivity contribution is -0.135. The number of piperidine rings is 1. The monoisotopic (exact) mass is 447 g/mol. The molecule has 0 radical (unpaired) electrons. The predicted molar refractivity (Wildman–Crippen MR) is 105 cm³/mol. The fourth-order valence-electron chi connectivity index (χ4n) is 4.07. The molecule has 1 aliphatic heterocycles. The van der Waals surface area contributed by atoms with Gasteiger partial charge in [-0.25, -0.2) is 8.78 Å². The summed E-state index contributed by atoms with van der Waals surface area (Å²) in [6.07, 6.45) is 2.61. The van der Waals surface area contributed by atoms with Gasteiger partial charge >= 0.3 is 0 Å². The zero-order valence-electron chi connectivity index (χ0n) is 15.3. The van der Waals surface area contributed by atoms with Gasteiger partial charge in [0.25, 0.3) is 0 Å². The van der Waals surface area contributed by atoms with Crippen LogP contribution < -0.4 is 0 Å². The van der Waals surface area contributed by atoms with E-state index in [2.05, 4.69) is 15.9 Å². The van der Waals surface area contributed by atoms with E-state index >= 15 is 0 Å². The Kier molecular flexibility index (Phi) is 5.08. The summed E-state index contributed by atoms with van der Waals surface area (Å²) in [4.78, 5) is 27.6. The number of halogens is 3. The molecule has 1 heterocycles. The highest BCUT2D eigenvalue weighted by atomic mass is 79.9. The Morgan fingerprint density at radius 1 is 1.00 bits per heavy atom. The summed E-state index contributed by atoms with van der Waals surface area (Å²) < 4.78 is 28.3. The molecule has 3 nitrogen and oxygen atoms in total. The molecule has 2 aliphatic rings. The van der Waals surface area contributed by atoms with Crippen LogP contribution in [0.4, 0.5) is 8.78 Å².